The molecule has 1 aromatic rings. The van der Waals surface area contributed by atoms with E-state index in [1.165, 1.54) is 0 Å². The first-order valence-electron chi connectivity index (χ1n) is 4.18. The molecule has 0 aliphatic carbocycles. The summed E-state index contributed by atoms with van der Waals surface area (Å²) in [5.41, 5.74) is 0.874. The number of carboxylic acid groups (broad SMARTS) is 1. The summed E-state index contributed by atoms with van der Waals surface area (Å²) in [6, 6.07) is 7.17. The van der Waals surface area contributed by atoms with Crippen LogP contribution in [0.25, 0.3) is 0 Å². The summed E-state index contributed by atoms with van der Waals surface area (Å²) >= 11 is 5.78. The summed E-state index contributed by atoms with van der Waals surface area (Å²) in [5.74, 6) is -0.973. The molecule has 1 rings (SSSR count). The van der Waals surface area contributed by atoms with Crippen molar-refractivity contribution in [3.8, 4) is 0 Å². The number of carbonyl (C=O) groups is 1. The van der Waals surface area contributed by atoms with Crippen molar-refractivity contribution < 1.29 is 14.6 Å². The molecule has 0 saturated carbocycles. The minimum Gasteiger partial charge on any atom is -0.480 e. The van der Waals surface area contributed by atoms with Crippen molar-refractivity contribution >= 4 is 17.6 Å². The minimum atomic E-state index is -0.973. The van der Waals surface area contributed by atoms with Crippen LogP contribution in [0.3, 0.4) is 0 Å². The van der Waals surface area contributed by atoms with Gasteiger partial charge in [-0.2, -0.15) is 0 Å². The second kappa shape index (κ2) is 4.98. The molecule has 1 atom stereocenters. The molecule has 0 aromatic heterocycles. The molecule has 14 heavy (non-hydrogen) atoms. The Morgan fingerprint density at radius 2 is 2.36 bits per heavy atom. The molecular formula is C10H11ClO3. The third-order valence-electron chi connectivity index (χ3n) is 1.77. The average molecular weight is 215 g/mol. The van der Waals surface area contributed by atoms with E-state index in [0.717, 1.165) is 5.56 Å². The summed E-state index contributed by atoms with van der Waals surface area (Å²) in [6.07, 6.45) is -0.259. The van der Waals surface area contributed by atoms with E-state index in [4.69, 9.17) is 21.4 Å². The van der Waals surface area contributed by atoms with Gasteiger partial charge in [-0.15, -0.1) is 0 Å². The lowest BCUT2D eigenvalue weighted by Crippen LogP contribution is -2.09. The molecule has 0 saturated heterocycles. The molecule has 0 fully saturated rings. The Morgan fingerprint density at radius 3 is 2.93 bits per heavy atom. The van der Waals surface area contributed by atoms with Crippen LogP contribution in [0, 0.1) is 0 Å². The molecule has 3 nitrogen and oxygen atoms in total. The number of hydrogen-bond acceptors (Lipinski definition) is 2. The van der Waals surface area contributed by atoms with Gasteiger partial charge in [-0.3, -0.25) is 0 Å². The second-order valence-electron chi connectivity index (χ2n) is 2.90. The minimum absolute atomic E-state index is 0.259. The smallest absolute Gasteiger partial charge is 0.329 e. The summed E-state index contributed by atoms with van der Waals surface area (Å²) in [7, 11) is 0. The maximum absolute atomic E-state index is 10.3. The number of rotatable bonds is 4. The fourth-order valence-electron chi connectivity index (χ4n) is 1.05. The molecular weight excluding hydrogens is 204 g/mol. The van der Waals surface area contributed by atoms with Crippen molar-refractivity contribution in [2.75, 3.05) is 6.61 Å². The fourth-order valence-corrected chi connectivity index (χ4v) is 1.25. The first kappa shape index (κ1) is 11.0. The quantitative estimate of drug-likeness (QED) is 0.838. The van der Waals surface area contributed by atoms with Crippen LogP contribution >= 0.6 is 11.6 Å². The van der Waals surface area contributed by atoms with Gasteiger partial charge in [-0.1, -0.05) is 23.7 Å². The molecule has 4 heteroatoms. The highest BCUT2D eigenvalue weighted by Gasteiger charge is 2.07. The highest BCUT2D eigenvalue weighted by atomic mass is 35.5. The molecule has 0 amide bonds. The van der Waals surface area contributed by atoms with Crippen LogP contribution in [-0.2, 0) is 9.53 Å². The number of ether oxygens (including phenoxy) is 1. The molecule has 0 aliphatic rings. The molecule has 0 unspecified atom stereocenters. The highest BCUT2D eigenvalue weighted by molar-refractivity contribution is 6.30. The number of halogens is 1. The van der Waals surface area contributed by atoms with Gasteiger partial charge in [0.1, 0.15) is 6.61 Å². The SMILES string of the molecule is C[C@@H](OCC(=O)O)c1cccc(Cl)c1. The summed E-state index contributed by atoms with van der Waals surface area (Å²) in [5, 5.41) is 9.03. The van der Waals surface area contributed by atoms with Crippen LogP contribution in [0.15, 0.2) is 24.3 Å². The number of aliphatic carboxylic acids is 1. The van der Waals surface area contributed by atoms with Crippen LogP contribution in [-0.4, -0.2) is 17.7 Å². The Hall–Kier alpha value is -1.06. The zero-order valence-corrected chi connectivity index (χ0v) is 8.49. The van der Waals surface area contributed by atoms with E-state index >= 15 is 0 Å². The van der Waals surface area contributed by atoms with Gasteiger partial charge in [-0.05, 0) is 24.6 Å². The van der Waals surface area contributed by atoms with Gasteiger partial charge in [0.25, 0.3) is 0 Å². The lowest BCUT2D eigenvalue weighted by Gasteiger charge is -2.11. The maximum atomic E-state index is 10.3. The van der Waals surface area contributed by atoms with Gasteiger partial charge in [-0.25, -0.2) is 4.79 Å². The molecule has 0 aliphatic heterocycles. The van der Waals surface area contributed by atoms with Crippen LogP contribution in [0.1, 0.15) is 18.6 Å². The van der Waals surface area contributed by atoms with Crippen LogP contribution in [0.2, 0.25) is 5.02 Å². The zero-order valence-electron chi connectivity index (χ0n) is 7.74. The average Bonchev–Trinajstić information content (AvgIpc) is 2.14. The standard InChI is InChI=1S/C10H11ClO3/c1-7(14-6-10(12)13)8-3-2-4-9(11)5-8/h2-5,7H,6H2,1H3,(H,12,13)/t7-/m1/s1. The van der Waals surface area contributed by atoms with Gasteiger partial charge < -0.3 is 9.84 Å². The highest BCUT2D eigenvalue weighted by Crippen LogP contribution is 2.19. The van der Waals surface area contributed by atoms with Gasteiger partial charge in [0.05, 0.1) is 6.10 Å². The summed E-state index contributed by atoms with van der Waals surface area (Å²) in [6.45, 7) is 1.49. The van der Waals surface area contributed by atoms with Crippen LogP contribution in [0.5, 0.6) is 0 Å². The maximum Gasteiger partial charge on any atom is 0.329 e. The van der Waals surface area contributed by atoms with Crippen LogP contribution < -0.4 is 0 Å². The molecule has 0 radical (unpaired) electrons. The summed E-state index contributed by atoms with van der Waals surface area (Å²) in [4.78, 5) is 10.3. The monoisotopic (exact) mass is 214 g/mol. The third kappa shape index (κ3) is 3.36. The van der Waals surface area contributed by atoms with E-state index in [2.05, 4.69) is 0 Å². The molecule has 76 valence electrons. The van der Waals surface area contributed by atoms with Crippen molar-refractivity contribution in [2.24, 2.45) is 0 Å². The van der Waals surface area contributed by atoms with Gasteiger partial charge in [0, 0.05) is 5.02 Å². The van der Waals surface area contributed by atoms with E-state index in [1.807, 2.05) is 6.07 Å². The zero-order chi connectivity index (χ0) is 10.6. The molecule has 0 heterocycles. The first-order chi connectivity index (χ1) is 6.59. The van der Waals surface area contributed by atoms with E-state index in [0.29, 0.717) is 5.02 Å². The fraction of sp³-hybridized carbons (Fsp3) is 0.300. The lowest BCUT2D eigenvalue weighted by atomic mass is 10.1. The predicted molar refractivity (Wildman–Crippen MR) is 53.5 cm³/mol. The van der Waals surface area contributed by atoms with Crippen molar-refractivity contribution in [2.45, 2.75) is 13.0 Å². The van der Waals surface area contributed by atoms with E-state index in [9.17, 15) is 4.79 Å². The number of benzene rings is 1. The molecule has 1 N–H and O–H groups in total. The second-order valence-corrected chi connectivity index (χ2v) is 3.34. The topological polar surface area (TPSA) is 46.5 Å². The molecule has 1 aromatic carbocycles. The Bertz CT molecular complexity index is 325. The Kier molecular flexibility index (Phi) is 3.92. The number of hydrogen-bond donors (Lipinski definition) is 1. The van der Waals surface area contributed by atoms with Crippen molar-refractivity contribution in [1.29, 1.82) is 0 Å². The van der Waals surface area contributed by atoms with Gasteiger partial charge in [0.2, 0.25) is 0 Å². The predicted octanol–water partition coefficient (Wildman–Crippen LogP) is 2.50. The van der Waals surface area contributed by atoms with E-state index in [-0.39, 0.29) is 12.7 Å². The Balaban J connectivity index is 2.60. The van der Waals surface area contributed by atoms with Crippen LogP contribution in [0.4, 0.5) is 0 Å². The molecule has 0 bridgehead atoms. The van der Waals surface area contributed by atoms with Gasteiger partial charge >= 0.3 is 5.97 Å². The molecule has 0 spiro atoms. The number of carboxylic acids is 1. The largest absolute Gasteiger partial charge is 0.480 e. The van der Waals surface area contributed by atoms with Crippen molar-refractivity contribution in [3.63, 3.8) is 0 Å². The Morgan fingerprint density at radius 1 is 1.64 bits per heavy atom. The summed E-state index contributed by atoms with van der Waals surface area (Å²) < 4.78 is 5.09. The van der Waals surface area contributed by atoms with E-state index in [1.54, 1.807) is 25.1 Å². The van der Waals surface area contributed by atoms with Crippen molar-refractivity contribution in [1.82, 2.24) is 0 Å². The Labute approximate surface area is 87.3 Å². The van der Waals surface area contributed by atoms with Crippen molar-refractivity contribution in [3.05, 3.63) is 34.9 Å². The first-order valence-corrected chi connectivity index (χ1v) is 4.56. The van der Waals surface area contributed by atoms with Gasteiger partial charge in [0.15, 0.2) is 0 Å². The normalized spacial score (nSPS) is 12.4. The van der Waals surface area contributed by atoms with E-state index < -0.39 is 5.97 Å². The lowest BCUT2D eigenvalue weighted by molar-refractivity contribution is -0.144. The third-order valence-corrected chi connectivity index (χ3v) is 2.01.